The Morgan fingerprint density at radius 2 is 1.10 bits per heavy atom. The van der Waals surface area contributed by atoms with Gasteiger partial charge in [-0.05, 0) is 60.7 Å². The average Bonchev–Trinajstić information content (AvgIpc) is 3.49. The van der Waals surface area contributed by atoms with Gasteiger partial charge in [-0.1, -0.05) is 23.5 Å². The summed E-state index contributed by atoms with van der Waals surface area (Å²) < 4.78 is 38.0. The first-order valence-corrected chi connectivity index (χ1v) is 20.6. The fourth-order valence-electron chi connectivity index (χ4n) is 6.10. The third-order valence-corrected chi connectivity index (χ3v) is 11.4. The number of nitrogens with zero attached hydrogens (tertiary/aromatic N) is 3. The second-order valence-electron chi connectivity index (χ2n) is 13.0. The zero-order valence-electron chi connectivity index (χ0n) is 32.5. The number of anilines is 1. The van der Waals surface area contributed by atoms with Crippen molar-refractivity contribution in [2.45, 2.75) is 9.79 Å². The number of carbonyl (C=O) groups excluding carboxylic acids is 4. The predicted molar refractivity (Wildman–Crippen MR) is 216 cm³/mol. The Morgan fingerprint density at radius 1 is 0.644 bits per heavy atom. The van der Waals surface area contributed by atoms with Crippen molar-refractivity contribution in [3.63, 3.8) is 0 Å². The van der Waals surface area contributed by atoms with Crippen LogP contribution in [0.5, 0.6) is 11.5 Å². The summed E-state index contributed by atoms with van der Waals surface area (Å²) in [5.74, 6) is -1.70. The molecule has 0 spiro atoms. The summed E-state index contributed by atoms with van der Waals surface area (Å²) in [4.78, 5) is 71.5. The summed E-state index contributed by atoms with van der Waals surface area (Å²) in [5.41, 5.74) is 1.24. The number of hydrogen-bond donors (Lipinski definition) is 1. The number of rotatable bonds is 20. The van der Waals surface area contributed by atoms with E-state index in [4.69, 9.17) is 38.3 Å². The summed E-state index contributed by atoms with van der Waals surface area (Å²) in [6, 6.07) is 18.6. The highest BCUT2D eigenvalue weighted by Crippen LogP contribution is 2.46. The number of carboxylic acid groups (broad SMARTS) is 1. The van der Waals surface area contributed by atoms with Crippen LogP contribution >= 0.6 is 23.5 Å². The smallest absolute Gasteiger partial charge is 0.329 e. The van der Waals surface area contributed by atoms with Gasteiger partial charge in [0.2, 0.25) is 0 Å². The van der Waals surface area contributed by atoms with Gasteiger partial charge in [-0.2, -0.15) is 0 Å². The predicted octanol–water partition coefficient (Wildman–Crippen LogP) is 3.82. The van der Waals surface area contributed by atoms with Crippen LogP contribution in [0.3, 0.4) is 0 Å². The van der Waals surface area contributed by atoms with E-state index in [0.717, 1.165) is 28.4 Å². The minimum Gasteiger partial charge on any atom is -0.494 e. The van der Waals surface area contributed by atoms with Crippen molar-refractivity contribution in [2.75, 3.05) is 111 Å². The van der Waals surface area contributed by atoms with Crippen LogP contribution in [-0.4, -0.2) is 150 Å². The molecule has 0 atom stereocenters. The number of morpholine rings is 2. The van der Waals surface area contributed by atoms with Gasteiger partial charge in [-0.3, -0.25) is 19.2 Å². The molecule has 18 heteroatoms. The lowest BCUT2D eigenvalue weighted by Crippen LogP contribution is -2.40. The largest absolute Gasteiger partial charge is 0.494 e. The molecule has 16 nitrogen and oxygen atoms in total. The summed E-state index contributed by atoms with van der Waals surface area (Å²) >= 11 is 2.25. The summed E-state index contributed by atoms with van der Waals surface area (Å²) in [6.07, 6.45) is 0. The Bertz CT molecular complexity index is 1890. The Hall–Kier alpha value is -4.95. The van der Waals surface area contributed by atoms with Gasteiger partial charge >= 0.3 is 5.97 Å². The number of aliphatic carboxylic acids is 1. The van der Waals surface area contributed by atoms with Crippen LogP contribution < -0.4 is 14.4 Å². The van der Waals surface area contributed by atoms with E-state index < -0.39 is 17.8 Å². The molecular weight excluding hydrogens is 807 g/mol. The molecule has 0 saturated carbocycles. The molecule has 4 amide bonds. The highest BCUT2D eigenvalue weighted by atomic mass is 32.2. The maximum atomic E-state index is 14.3. The second-order valence-corrected chi connectivity index (χ2v) is 15.2. The van der Waals surface area contributed by atoms with Gasteiger partial charge in [0, 0.05) is 53.2 Å². The van der Waals surface area contributed by atoms with Gasteiger partial charge in [0.05, 0.1) is 82.1 Å². The SMILES string of the molecule is COc1cc(OCCOCCOCCOCC(=O)O)ccc1N1C(=O)C(Sc2ccc(C(=O)N3CCOCC3)cc2)=C(Sc2ccc(C(=O)N3CCOCC3)cc2)C1=O. The Labute approximate surface area is 349 Å². The fraction of sp³-hybridized carbons (Fsp3) is 0.390. The Kier molecular flexibility index (Phi) is 16.2. The molecule has 0 aliphatic carbocycles. The molecule has 6 rings (SSSR count). The molecule has 59 heavy (non-hydrogen) atoms. The molecule has 1 N–H and O–H groups in total. The molecule has 3 aromatic carbocycles. The van der Waals surface area contributed by atoms with Crippen molar-refractivity contribution in [1.82, 2.24) is 9.80 Å². The van der Waals surface area contributed by atoms with Gasteiger partial charge in [-0.25, -0.2) is 9.69 Å². The van der Waals surface area contributed by atoms with Crippen molar-refractivity contribution < 1.29 is 62.2 Å². The van der Waals surface area contributed by atoms with Crippen molar-refractivity contribution in [2.24, 2.45) is 0 Å². The molecule has 2 fully saturated rings. The standard InChI is InChI=1S/C41H45N3O13S2/c1-51-34-26-30(57-25-24-55-21-20-54-22-23-56-27-35(45)46)6-11-33(34)44-40(49)36(58-31-7-2-28(3-8-31)38(47)42-12-16-52-17-13-42)37(41(44)50)59-32-9-4-29(5-10-32)39(48)43-14-18-53-19-15-43/h2-11,26H,12-25,27H2,1H3,(H,45,46). The average molecular weight is 852 g/mol. The van der Waals surface area contributed by atoms with E-state index in [0.29, 0.717) is 92.5 Å². The van der Waals surface area contributed by atoms with Crippen LogP contribution in [0.15, 0.2) is 86.3 Å². The molecule has 314 valence electrons. The fourth-order valence-corrected chi connectivity index (χ4v) is 8.09. The number of carboxylic acids is 1. The molecule has 3 heterocycles. The number of ether oxygens (including phenoxy) is 7. The molecule has 0 radical (unpaired) electrons. The first kappa shape index (κ1) is 43.6. The normalized spacial score (nSPS) is 15.8. The maximum absolute atomic E-state index is 14.3. The molecule has 2 saturated heterocycles. The molecule has 0 bridgehead atoms. The lowest BCUT2D eigenvalue weighted by atomic mass is 10.2. The van der Waals surface area contributed by atoms with Crippen molar-refractivity contribution in [3.8, 4) is 11.5 Å². The molecule has 3 aliphatic heterocycles. The minimum absolute atomic E-state index is 0.106. The van der Waals surface area contributed by atoms with E-state index in [2.05, 4.69) is 0 Å². The van der Waals surface area contributed by atoms with Crippen molar-refractivity contribution in [3.05, 3.63) is 87.7 Å². The third kappa shape index (κ3) is 11.8. The molecule has 0 unspecified atom stereocenters. The van der Waals surface area contributed by atoms with Crippen molar-refractivity contribution >= 4 is 58.8 Å². The first-order chi connectivity index (χ1) is 28.7. The van der Waals surface area contributed by atoms with Crippen LogP contribution in [0.25, 0.3) is 0 Å². The summed E-state index contributed by atoms with van der Waals surface area (Å²) in [5, 5.41) is 8.58. The van der Waals surface area contributed by atoms with Crippen LogP contribution in [0.4, 0.5) is 5.69 Å². The van der Waals surface area contributed by atoms with Gasteiger partial charge in [0.1, 0.15) is 24.7 Å². The lowest BCUT2D eigenvalue weighted by molar-refractivity contribution is -0.142. The lowest BCUT2D eigenvalue weighted by Gasteiger charge is -2.26. The topological polar surface area (TPSA) is 180 Å². The van der Waals surface area contributed by atoms with Crippen LogP contribution in [-0.2, 0) is 38.1 Å². The minimum atomic E-state index is -1.04. The summed E-state index contributed by atoms with van der Waals surface area (Å²) in [7, 11) is 1.43. The highest BCUT2D eigenvalue weighted by Gasteiger charge is 2.42. The number of carbonyl (C=O) groups is 5. The Balaban J connectivity index is 1.14. The van der Waals surface area contributed by atoms with Gasteiger partial charge in [-0.15, -0.1) is 0 Å². The maximum Gasteiger partial charge on any atom is 0.329 e. The first-order valence-electron chi connectivity index (χ1n) is 18.9. The van der Waals surface area contributed by atoms with Crippen LogP contribution in [0, 0.1) is 0 Å². The van der Waals surface area contributed by atoms with E-state index in [1.165, 1.54) is 7.11 Å². The van der Waals surface area contributed by atoms with E-state index in [1.807, 2.05) is 0 Å². The summed E-state index contributed by atoms with van der Waals surface area (Å²) in [6.45, 7) is 5.05. The van der Waals surface area contributed by atoms with Crippen LogP contribution in [0.2, 0.25) is 0 Å². The van der Waals surface area contributed by atoms with Gasteiger partial charge in [0.25, 0.3) is 23.6 Å². The molecule has 3 aromatic rings. The number of methoxy groups -OCH3 is 1. The number of hydrogen-bond acceptors (Lipinski definition) is 14. The monoisotopic (exact) mass is 851 g/mol. The third-order valence-electron chi connectivity index (χ3n) is 9.10. The zero-order chi connectivity index (χ0) is 41.6. The zero-order valence-corrected chi connectivity index (χ0v) is 34.1. The molecule has 0 aromatic heterocycles. The van der Waals surface area contributed by atoms with E-state index in [-0.39, 0.29) is 66.1 Å². The van der Waals surface area contributed by atoms with E-state index in [9.17, 15) is 24.0 Å². The second kappa shape index (κ2) is 21.9. The van der Waals surface area contributed by atoms with Gasteiger partial charge < -0.3 is 48.1 Å². The highest BCUT2D eigenvalue weighted by molar-refractivity contribution is 8.08. The molecule has 3 aliphatic rings. The number of thioether (sulfide) groups is 2. The van der Waals surface area contributed by atoms with E-state index >= 15 is 0 Å². The van der Waals surface area contributed by atoms with E-state index in [1.54, 1.807) is 76.5 Å². The number of benzene rings is 3. The van der Waals surface area contributed by atoms with Crippen LogP contribution in [0.1, 0.15) is 20.7 Å². The Morgan fingerprint density at radius 3 is 1.56 bits per heavy atom. The van der Waals surface area contributed by atoms with Crippen molar-refractivity contribution in [1.29, 1.82) is 0 Å². The number of imide groups is 1. The quantitative estimate of drug-likeness (QED) is 0.128. The molecular formula is C41H45N3O13S2. The number of amides is 4. The van der Waals surface area contributed by atoms with Gasteiger partial charge in [0.15, 0.2) is 0 Å².